The maximum Gasteiger partial charge on any atom is 0.490 e. The molecule has 2 aliphatic rings. The molecule has 1 N–H and O–H groups in total. The Morgan fingerprint density at radius 2 is 2.00 bits per heavy atom. The average molecular weight is 442 g/mol. The SMILES string of the molecule is CCN1C[C@H]2[C@@H](C1)N(S(=O)(=O)c1cn(C)cn1)CC[C@H]2OC.O=C(O)C(F)(F)F. The molecule has 1 aromatic heterocycles. The maximum absolute atomic E-state index is 12.9. The van der Waals surface area contributed by atoms with Crippen LogP contribution in [0.1, 0.15) is 13.3 Å². The Kier molecular flexibility index (Phi) is 7.30. The molecule has 0 bridgehead atoms. The number of sulfonamides is 1. The monoisotopic (exact) mass is 442 g/mol. The number of fused-ring (bicyclic) bond motifs is 1. The average Bonchev–Trinajstić information content (AvgIpc) is 3.26. The first-order valence-electron chi connectivity index (χ1n) is 8.96. The predicted octanol–water partition coefficient (Wildman–Crippen LogP) is 0.783. The molecule has 9 nitrogen and oxygen atoms in total. The van der Waals surface area contributed by atoms with Crippen LogP contribution in [0.4, 0.5) is 13.2 Å². The lowest BCUT2D eigenvalue weighted by Crippen LogP contribution is -2.53. The van der Waals surface area contributed by atoms with Crippen molar-refractivity contribution in [3.63, 3.8) is 0 Å². The number of imidazole rings is 1. The molecule has 1 aromatic rings. The smallest absolute Gasteiger partial charge is 0.475 e. The number of carboxylic acids is 1. The van der Waals surface area contributed by atoms with Gasteiger partial charge in [0.1, 0.15) is 0 Å². The molecule has 2 aliphatic heterocycles. The zero-order chi connectivity index (χ0) is 22.0. The van der Waals surface area contributed by atoms with Gasteiger partial charge in [-0.05, 0) is 13.0 Å². The van der Waals surface area contributed by atoms with Crippen LogP contribution in [-0.4, -0.2) is 89.9 Å². The van der Waals surface area contributed by atoms with Crippen LogP contribution in [0.3, 0.4) is 0 Å². The van der Waals surface area contributed by atoms with Gasteiger partial charge in [0.25, 0.3) is 10.0 Å². The number of halogens is 3. The molecule has 3 atom stereocenters. The number of aromatic nitrogens is 2. The fourth-order valence-corrected chi connectivity index (χ4v) is 5.34. The summed E-state index contributed by atoms with van der Waals surface area (Å²) in [4.78, 5) is 15.2. The first kappa shape index (κ1) is 23.6. The molecule has 0 spiro atoms. The van der Waals surface area contributed by atoms with Gasteiger partial charge in [0.05, 0.1) is 12.4 Å². The highest BCUT2D eigenvalue weighted by atomic mass is 32.2. The van der Waals surface area contributed by atoms with Gasteiger partial charge in [0.15, 0.2) is 5.03 Å². The minimum Gasteiger partial charge on any atom is -0.475 e. The van der Waals surface area contributed by atoms with E-state index < -0.39 is 22.2 Å². The molecule has 0 unspecified atom stereocenters. The fraction of sp³-hybridized carbons (Fsp3) is 0.750. The van der Waals surface area contributed by atoms with E-state index in [9.17, 15) is 21.6 Å². The van der Waals surface area contributed by atoms with Crippen LogP contribution in [0, 0.1) is 5.92 Å². The second-order valence-corrected chi connectivity index (χ2v) is 8.78. The molecule has 0 aliphatic carbocycles. The van der Waals surface area contributed by atoms with E-state index in [0.717, 1.165) is 26.1 Å². The first-order valence-corrected chi connectivity index (χ1v) is 10.4. The summed E-state index contributed by atoms with van der Waals surface area (Å²) in [7, 11) is -0.0399. The van der Waals surface area contributed by atoms with Gasteiger partial charge in [-0.15, -0.1) is 0 Å². The quantitative estimate of drug-likeness (QED) is 0.735. The minimum absolute atomic E-state index is 0.0225. The van der Waals surface area contributed by atoms with Gasteiger partial charge >= 0.3 is 12.1 Å². The van der Waals surface area contributed by atoms with Crippen molar-refractivity contribution in [1.29, 1.82) is 0 Å². The van der Waals surface area contributed by atoms with Gasteiger partial charge in [-0.3, -0.25) is 0 Å². The number of piperidine rings is 1. The van der Waals surface area contributed by atoms with Crippen molar-refractivity contribution in [3.05, 3.63) is 12.5 Å². The summed E-state index contributed by atoms with van der Waals surface area (Å²) in [5, 5.41) is 7.26. The summed E-state index contributed by atoms with van der Waals surface area (Å²) >= 11 is 0. The Hall–Kier alpha value is -1.70. The number of likely N-dealkylation sites (N-methyl/N-ethyl adjacent to an activating group) is 1. The van der Waals surface area contributed by atoms with Crippen molar-refractivity contribution in [2.24, 2.45) is 13.0 Å². The highest BCUT2D eigenvalue weighted by Crippen LogP contribution is 2.35. The highest BCUT2D eigenvalue weighted by Gasteiger charge is 2.48. The van der Waals surface area contributed by atoms with Gasteiger partial charge in [-0.2, -0.15) is 17.5 Å². The van der Waals surface area contributed by atoms with Gasteiger partial charge < -0.3 is 19.3 Å². The third-order valence-electron chi connectivity index (χ3n) is 5.14. The van der Waals surface area contributed by atoms with Crippen LogP contribution >= 0.6 is 0 Å². The first-order chi connectivity index (χ1) is 13.4. The molecule has 0 amide bonds. The normalized spacial score (nSPS) is 25.9. The van der Waals surface area contributed by atoms with Crippen LogP contribution < -0.4 is 0 Å². The van der Waals surface area contributed by atoms with E-state index in [2.05, 4.69) is 16.8 Å². The number of methoxy groups -OCH3 is 1. The number of hydrogen-bond acceptors (Lipinski definition) is 6. The van der Waals surface area contributed by atoms with Crippen LogP contribution in [0.15, 0.2) is 17.6 Å². The molecular weight excluding hydrogens is 417 g/mol. The van der Waals surface area contributed by atoms with E-state index in [1.165, 1.54) is 6.33 Å². The van der Waals surface area contributed by atoms with Crippen LogP contribution in [0.25, 0.3) is 0 Å². The molecule has 29 heavy (non-hydrogen) atoms. The molecule has 2 saturated heterocycles. The predicted molar refractivity (Wildman–Crippen MR) is 95.6 cm³/mol. The number of aliphatic carboxylic acids is 1. The van der Waals surface area contributed by atoms with Gasteiger partial charge in [0.2, 0.25) is 0 Å². The lowest BCUT2D eigenvalue weighted by atomic mass is 9.91. The maximum atomic E-state index is 12.9. The number of rotatable bonds is 4. The molecule has 0 aromatic carbocycles. The largest absolute Gasteiger partial charge is 0.490 e. The highest BCUT2D eigenvalue weighted by molar-refractivity contribution is 7.89. The van der Waals surface area contributed by atoms with E-state index >= 15 is 0 Å². The molecular formula is C16H25F3N4O5S. The molecule has 0 radical (unpaired) electrons. The summed E-state index contributed by atoms with van der Waals surface area (Å²) in [6.07, 6.45) is -1.11. The Bertz CT molecular complexity index is 814. The van der Waals surface area contributed by atoms with E-state index in [0.29, 0.717) is 6.54 Å². The van der Waals surface area contributed by atoms with Crippen LogP contribution in [0.2, 0.25) is 0 Å². The van der Waals surface area contributed by atoms with Gasteiger partial charge in [0, 0.05) is 51.9 Å². The Balaban J connectivity index is 0.000000370. The molecule has 13 heteroatoms. The molecule has 3 heterocycles. The zero-order valence-electron chi connectivity index (χ0n) is 16.3. The van der Waals surface area contributed by atoms with Crippen molar-refractivity contribution in [1.82, 2.24) is 18.8 Å². The minimum atomic E-state index is -5.08. The second kappa shape index (κ2) is 8.98. The van der Waals surface area contributed by atoms with Crippen molar-refractivity contribution >= 4 is 16.0 Å². The van der Waals surface area contributed by atoms with E-state index in [-0.39, 0.29) is 23.1 Å². The summed E-state index contributed by atoms with van der Waals surface area (Å²) < 4.78 is 66.5. The van der Waals surface area contributed by atoms with Crippen molar-refractivity contribution < 1.29 is 36.2 Å². The number of likely N-dealkylation sites (tertiary alicyclic amines) is 1. The third-order valence-corrected chi connectivity index (χ3v) is 6.95. The number of carboxylic acid groups (broad SMARTS) is 1. The fourth-order valence-electron chi connectivity index (χ4n) is 3.69. The van der Waals surface area contributed by atoms with E-state index in [4.69, 9.17) is 14.6 Å². The zero-order valence-corrected chi connectivity index (χ0v) is 17.1. The Morgan fingerprint density at radius 3 is 2.45 bits per heavy atom. The topological polar surface area (TPSA) is 105 Å². The third kappa shape index (κ3) is 5.27. The van der Waals surface area contributed by atoms with Crippen molar-refractivity contribution in [2.75, 3.05) is 33.3 Å². The molecule has 0 saturated carbocycles. The number of hydrogen-bond donors (Lipinski definition) is 1. The molecule has 166 valence electrons. The lowest BCUT2D eigenvalue weighted by molar-refractivity contribution is -0.192. The van der Waals surface area contributed by atoms with Crippen molar-refractivity contribution in [3.8, 4) is 0 Å². The number of ether oxygens (including phenoxy) is 1. The molecule has 3 rings (SSSR count). The van der Waals surface area contributed by atoms with E-state index in [1.54, 1.807) is 29.2 Å². The number of carbonyl (C=O) groups is 1. The summed E-state index contributed by atoms with van der Waals surface area (Å²) in [6, 6.07) is -0.0225. The number of alkyl halides is 3. The number of aryl methyl sites for hydroxylation is 1. The van der Waals surface area contributed by atoms with Gasteiger partial charge in [-0.1, -0.05) is 6.92 Å². The van der Waals surface area contributed by atoms with E-state index in [1.807, 2.05) is 0 Å². The van der Waals surface area contributed by atoms with Crippen LogP contribution in [-0.2, 0) is 26.6 Å². The van der Waals surface area contributed by atoms with Gasteiger partial charge in [-0.25, -0.2) is 18.2 Å². The Labute approximate surface area is 167 Å². The van der Waals surface area contributed by atoms with Crippen molar-refractivity contribution in [2.45, 2.75) is 36.7 Å². The lowest BCUT2D eigenvalue weighted by Gasteiger charge is -2.39. The van der Waals surface area contributed by atoms with Crippen LogP contribution in [0.5, 0.6) is 0 Å². The standard InChI is InChI=1S/C14H24N4O3S.C2HF3O2/c1-4-17-7-11-12(8-17)18(6-5-13(11)21-3)22(19,20)14-9-16(2)10-15-14;3-2(4,5)1(6)7/h9-13H,4-8H2,1-3H3;(H,6,7)/t11-,12+,13+;/m0./s1. The summed E-state index contributed by atoms with van der Waals surface area (Å²) in [5.74, 6) is -2.52. The second-order valence-electron chi connectivity index (χ2n) is 6.94. The molecule has 2 fully saturated rings. The number of nitrogens with zero attached hydrogens (tertiary/aromatic N) is 4. The Morgan fingerprint density at radius 1 is 1.38 bits per heavy atom. The summed E-state index contributed by atoms with van der Waals surface area (Å²) in [6.45, 7) is 5.20. The summed E-state index contributed by atoms with van der Waals surface area (Å²) in [5.41, 5.74) is 0.